The summed E-state index contributed by atoms with van der Waals surface area (Å²) < 4.78 is 10.9. The van der Waals surface area contributed by atoms with Crippen LogP contribution in [-0.4, -0.2) is 29.1 Å². The molecule has 0 aromatic rings. The molecule has 2 unspecified atom stereocenters. The van der Waals surface area contributed by atoms with Gasteiger partial charge in [-0.15, -0.1) is 0 Å². The van der Waals surface area contributed by atoms with Crippen molar-refractivity contribution in [3.63, 3.8) is 0 Å². The van der Waals surface area contributed by atoms with E-state index in [-0.39, 0.29) is 0 Å². The average Bonchev–Trinajstić information content (AvgIpc) is 1.88. The summed E-state index contributed by atoms with van der Waals surface area (Å²) in [6.45, 7) is 0. The van der Waals surface area contributed by atoms with Crippen LogP contribution < -0.4 is 5.32 Å². The Kier molecular flexibility index (Phi) is 2.82. The molecule has 1 N–H and O–H groups in total. The van der Waals surface area contributed by atoms with E-state index in [0.717, 1.165) is 17.9 Å². The Morgan fingerprint density at radius 1 is 1.67 bits per heavy atom. The van der Waals surface area contributed by atoms with Crippen LogP contribution in [0.25, 0.3) is 0 Å². The van der Waals surface area contributed by atoms with Gasteiger partial charge in [-0.25, -0.2) is 0 Å². The van der Waals surface area contributed by atoms with E-state index in [1.165, 1.54) is 6.42 Å². The molecule has 0 aromatic heterocycles. The van der Waals surface area contributed by atoms with Gasteiger partial charge in [-0.1, -0.05) is 11.2 Å². The second-order valence-electron chi connectivity index (χ2n) is 2.44. The Hall–Kier alpha value is 0.270. The minimum Gasteiger partial charge on any atom is -0.616 e. The Bertz CT molecular complexity index is 89.1. The number of rotatable bonds is 1. The van der Waals surface area contributed by atoms with Crippen LogP contribution in [0.15, 0.2) is 0 Å². The van der Waals surface area contributed by atoms with Crippen molar-refractivity contribution in [2.75, 3.05) is 18.6 Å². The van der Waals surface area contributed by atoms with Gasteiger partial charge in [0.15, 0.2) is 0 Å². The maximum absolute atomic E-state index is 10.9. The normalized spacial score (nSPS) is 36.7. The lowest BCUT2D eigenvalue weighted by molar-refractivity contribution is 0.510. The first-order valence-electron chi connectivity index (χ1n) is 3.35. The van der Waals surface area contributed by atoms with Gasteiger partial charge in [-0.2, -0.15) is 0 Å². The molecule has 54 valence electrons. The predicted molar refractivity (Wildman–Crippen MR) is 40.0 cm³/mol. The molecule has 0 aliphatic carbocycles. The minimum atomic E-state index is -0.533. The Morgan fingerprint density at radius 3 is 2.89 bits per heavy atom. The lowest BCUT2D eigenvalue weighted by Gasteiger charge is -2.23. The fourth-order valence-corrected chi connectivity index (χ4v) is 2.55. The molecule has 9 heavy (non-hydrogen) atoms. The van der Waals surface area contributed by atoms with Gasteiger partial charge in [0, 0.05) is 0 Å². The molecule has 2 atom stereocenters. The van der Waals surface area contributed by atoms with Gasteiger partial charge in [0.25, 0.3) is 0 Å². The fourth-order valence-electron chi connectivity index (χ4n) is 1.11. The van der Waals surface area contributed by atoms with Crippen molar-refractivity contribution in [3.8, 4) is 0 Å². The molecule has 1 saturated heterocycles. The van der Waals surface area contributed by atoms with Crippen LogP contribution in [0.4, 0.5) is 0 Å². The summed E-state index contributed by atoms with van der Waals surface area (Å²) in [7, 11) is 1.94. The summed E-state index contributed by atoms with van der Waals surface area (Å²) >= 11 is -0.533. The molecule has 0 spiro atoms. The molecule has 0 amide bonds. The number of nitrogens with one attached hydrogen (secondary N) is 1. The molecular weight excluding hydrogens is 134 g/mol. The van der Waals surface area contributed by atoms with Gasteiger partial charge >= 0.3 is 0 Å². The first kappa shape index (κ1) is 7.38. The third-order valence-electron chi connectivity index (χ3n) is 1.72. The van der Waals surface area contributed by atoms with Crippen LogP contribution in [-0.2, 0) is 11.2 Å². The molecular formula is C6H13NOS. The molecule has 0 saturated carbocycles. The van der Waals surface area contributed by atoms with E-state index in [1.807, 2.05) is 7.05 Å². The zero-order chi connectivity index (χ0) is 6.69. The Balaban J connectivity index is 2.23. The van der Waals surface area contributed by atoms with Crippen molar-refractivity contribution < 1.29 is 4.55 Å². The fraction of sp³-hybridized carbons (Fsp3) is 1.00. The molecule has 1 heterocycles. The van der Waals surface area contributed by atoms with Crippen LogP contribution >= 0.6 is 0 Å². The highest BCUT2D eigenvalue weighted by atomic mass is 32.2. The predicted octanol–water partition coefficient (Wildman–Crippen LogP) is 0.117. The summed E-state index contributed by atoms with van der Waals surface area (Å²) in [6, 6.07) is 0.514. The van der Waals surface area contributed by atoms with Crippen molar-refractivity contribution in [1.29, 1.82) is 0 Å². The van der Waals surface area contributed by atoms with Gasteiger partial charge in [-0.3, -0.25) is 0 Å². The monoisotopic (exact) mass is 147 g/mol. The SMILES string of the molecule is CNC1CCC[S+]([O-])C1. The average molecular weight is 147 g/mol. The summed E-state index contributed by atoms with van der Waals surface area (Å²) in [5, 5.41) is 3.14. The van der Waals surface area contributed by atoms with Gasteiger partial charge in [0.2, 0.25) is 0 Å². The Labute approximate surface area is 59.2 Å². The second kappa shape index (κ2) is 3.44. The standard InChI is InChI=1S/C6H13NOS/c1-7-6-3-2-4-9(8)5-6/h6-7H,2-5H2,1H3. The highest BCUT2D eigenvalue weighted by molar-refractivity contribution is 7.91. The van der Waals surface area contributed by atoms with Gasteiger partial charge in [0.1, 0.15) is 11.5 Å². The molecule has 0 bridgehead atoms. The molecule has 0 aromatic carbocycles. The van der Waals surface area contributed by atoms with Crippen molar-refractivity contribution in [1.82, 2.24) is 5.32 Å². The van der Waals surface area contributed by atoms with E-state index < -0.39 is 11.2 Å². The second-order valence-corrected chi connectivity index (χ2v) is 4.06. The van der Waals surface area contributed by atoms with Crippen LogP contribution in [0.1, 0.15) is 12.8 Å². The summed E-state index contributed by atoms with van der Waals surface area (Å²) in [4.78, 5) is 0. The van der Waals surface area contributed by atoms with Crippen LogP contribution in [0.5, 0.6) is 0 Å². The van der Waals surface area contributed by atoms with E-state index in [4.69, 9.17) is 0 Å². The molecule has 1 fully saturated rings. The number of hydrogen-bond donors (Lipinski definition) is 1. The zero-order valence-electron chi connectivity index (χ0n) is 5.72. The van der Waals surface area contributed by atoms with Crippen LogP contribution in [0.3, 0.4) is 0 Å². The van der Waals surface area contributed by atoms with E-state index >= 15 is 0 Å². The first-order valence-corrected chi connectivity index (χ1v) is 4.84. The molecule has 2 nitrogen and oxygen atoms in total. The van der Waals surface area contributed by atoms with Gasteiger partial charge < -0.3 is 9.87 Å². The third kappa shape index (κ3) is 2.16. The minimum absolute atomic E-state index is 0.514. The highest BCUT2D eigenvalue weighted by Gasteiger charge is 2.20. The zero-order valence-corrected chi connectivity index (χ0v) is 6.54. The van der Waals surface area contributed by atoms with Crippen LogP contribution in [0, 0.1) is 0 Å². The van der Waals surface area contributed by atoms with Crippen molar-refractivity contribution in [2.24, 2.45) is 0 Å². The van der Waals surface area contributed by atoms with Gasteiger partial charge in [0.05, 0.1) is 6.04 Å². The topological polar surface area (TPSA) is 35.1 Å². The molecule has 1 rings (SSSR count). The molecule has 3 heteroatoms. The van der Waals surface area contributed by atoms with Crippen LogP contribution in [0.2, 0.25) is 0 Å². The number of hydrogen-bond acceptors (Lipinski definition) is 2. The van der Waals surface area contributed by atoms with Crippen molar-refractivity contribution >= 4 is 11.2 Å². The largest absolute Gasteiger partial charge is 0.616 e. The molecule has 1 aliphatic rings. The lowest BCUT2D eigenvalue weighted by Crippen LogP contribution is -2.37. The van der Waals surface area contributed by atoms with Gasteiger partial charge in [-0.05, 0) is 19.9 Å². The van der Waals surface area contributed by atoms with E-state index in [0.29, 0.717) is 6.04 Å². The van der Waals surface area contributed by atoms with E-state index in [2.05, 4.69) is 5.32 Å². The third-order valence-corrected chi connectivity index (χ3v) is 3.24. The van der Waals surface area contributed by atoms with E-state index in [1.54, 1.807) is 0 Å². The van der Waals surface area contributed by atoms with E-state index in [9.17, 15) is 4.55 Å². The first-order chi connectivity index (χ1) is 4.33. The smallest absolute Gasteiger partial charge is 0.120 e. The highest BCUT2D eigenvalue weighted by Crippen LogP contribution is 2.10. The Morgan fingerprint density at radius 2 is 2.44 bits per heavy atom. The summed E-state index contributed by atoms with van der Waals surface area (Å²) in [5.74, 6) is 1.77. The quantitative estimate of drug-likeness (QED) is 0.535. The summed E-state index contributed by atoms with van der Waals surface area (Å²) in [6.07, 6.45) is 2.32. The summed E-state index contributed by atoms with van der Waals surface area (Å²) in [5.41, 5.74) is 0. The van der Waals surface area contributed by atoms with Crippen molar-refractivity contribution in [2.45, 2.75) is 18.9 Å². The maximum atomic E-state index is 10.9. The molecule has 0 radical (unpaired) electrons. The van der Waals surface area contributed by atoms with Crippen molar-refractivity contribution in [3.05, 3.63) is 0 Å². The molecule has 1 aliphatic heterocycles. The maximum Gasteiger partial charge on any atom is 0.120 e. The lowest BCUT2D eigenvalue weighted by atomic mass is 10.2.